The molecule has 0 bridgehead atoms. The van der Waals surface area contributed by atoms with E-state index in [0.29, 0.717) is 12.3 Å². The predicted octanol–water partition coefficient (Wildman–Crippen LogP) is 2.83. The Bertz CT molecular complexity index is 636. The summed E-state index contributed by atoms with van der Waals surface area (Å²) in [6, 6.07) is 5.99. The Morgan fingerprint density at radius 1 is 1.37 bits per heavy atom. The zero-order valence-electron chi connectivity index (χ0n) is 9.72. The summed E-state index contributed by atoms with van der Waals surface area (Å²) < 4.78 is 4.11. The molecule has 0 radical (unpaired) electrons. The number of nitrogens with zero attached hydrogens (tertiary/aromatic N) is 3. The average Bonchev–Trinajstić information content (AvgIpc) is 2.87. The lowest BCUT2D eigenvalue weighted by molar-refractivity contribution is -0.384. The third-order valence-electron chi connectivity index (χ3n) is 2.66. The van der Waals surface area contributed by atoms with Crippen molar-refractivity contribution in [3.63, 3.8) is 0 Å². The van der Waals surface area contributed by atoms with E-state index in [4.69, 9.17) is 4.84 Å². The second-order valence-corrected chi connectivity index (χ2v) is 4.78. The van der Waals surface area contributed by atoms with Gasteiger partial charge in [-0.15, -0.1) is 0 Å². The van der Waals surface area contributed by atoms with Crippen LogP contribution in [0.15, 0.2) is 36.7 Å². The highest BCUT2D eigenvalue weighted by molar-refractivity contribution is 7.06. The van der Waals surface area contributed by atoms with E-state index in [1.54, 1.807) is 17.2 Å². The molecule has 0 saturated heterocycles. The van der Waals surface area contributed by atoms with Gasteiger partial charge in [0.15, 0.2) is 5.75 Å². The number of non-ortho nitro benzene ring substituents is 1. The first-order valence-electron chi connectivity index (χ1n) is 5.53. The van der Waals surface area contributed by atoms with E-state index in [1.807, 2.05) is 18.5 Å². The summed E-state index contributed by atoms with van der Waals surface area (Å²) in [5.74, 6) is 0.557. The van der Waals surface area contributed by atoms with Gasteiger partial charge in [0.25, 0.3) is 5.69 Å². The Labute approximate surface area is 112 Å². The second kappa shape index (κ2) is 4.69. The first-order valence-corrected chi connectivity index (χ1v) is 6.30. The highest BCUT2D eigenvalue weighted by atomic mass is 32.1. The summed E-state index contributed by atoms with van der Waals surface area (Å²) in [5.41, 5.74) is 1.15. The van der Waals surface area contributed by atoms with Gasteiger partial charge >= 0.3 is 0 Å². The second-order valence-electron chi connectivity index (χ2n) is 3.95. The lowest BCUT2D eigenvalue weighted by Gasteiger charge is -2.22. The monoisotopic (exact) mass is 275 g/mol. The molecule has 0 atom stereocenters. The van der Waals surface area contributed by atoms with Gasteiger partial charge in [0.1, 0.15) is 0 Å². The van der Waals surface area contributed by atoms with Crippen LogP contribution in [0.1, 0.15) is 10.4 Å². The van der Waals surface area contributed by atoms with Crippen LogP contribution in [0.25, 0.3) is 6.08 Å². The van der Waals surface area contributed by atoms with E-state index < -0.39 is 4.92 Å². The fraction of sp³-hybridized carbons (Fsp3) is 0.0833. The van der Waals surface area contributed by atoms with Crippen LogP contribution in [0.4, 0.5) is 5.69 Å². The molecule has 1 aromatic heterocycles. The molecule has 7 heteroatoms. The zero-order valence-corrected chi connectivity index (χ0v) is 10.5. The van der Waals surface area contributed by atoms with Crippen molar-refractivity contribution in [2.45, 2.75) is 6.54 Å². The van der Waals surface area contributed by atoms with Crippen molar-refractivity contribution in [3.05, 3.63) is 57.2 Å². The molecular formula is C12H9N3O3S. The smallest absolute Gasteiger partial charge is 0.269 e. The van der Waals surface area contributed by atoms with Crippen molar-refractivity contribution in [1.82, 2.24) is 9.44 Å². The van der Waals surface area contributed by atoms with Gasteiger partial charge in [-0.1, -0.05) is 0 Å². The first kappa shape index (κ1) is 11.7. The Kier molecular flexibility index (Phi) is 2.88. The summed E-state index contributed by atoms with van der Waals surface area (Å²) in [6.45, 7) is 0.610. The number of hydrogen-bond acceptors (Lipinski definition) is 6. The standard InChI is InChI=1S/C12H9N3O3S/c16-15(17)10-1-3-11(4-2-10)18-14-6-5-12-9(8-14)7-13-19-12/h1-7H,8H2. The van der Waals surface area contributed by atoms with Gasteiger partial charge < -0.3 is 4.84 Å². The zero-order chi connectivity index (χ0) is 13.2. The topological polar surface area (TPSA) is 68.5 Å². The number of aromatic nitrogens is 1. The maximum absolute atomic E-state index is 10.5. The van der Waals surface area contributed by atoms with Gasteiger partial charge in [0.05, 0.1) is 16.3 Å². The van der Waals surface area contributed by atoms with Crippen LogP contribution in [0.3, 0.4) is 0 Å². The van der Waals surface area contributed by atoms with Gasteiger partial charge in [0.2, 0.25) is 0 Å². The van der Waals surface area contributed by atoms with Crippen LogP contribution in [0.2, 0.25) is 0 Å². The summed E-state index contributed by atoms with van der Waals surface area (Å²) in [4.78, 5) is 16.9. The van der Waals surface area contributed by atoms with Crippen LogP contribution < -0.4 is 4.84 Å². The normalized spacial score (nSPS) is 13.2. The molecule has 0 unspecified atom stereocenters. The highest BCUT2D eigenvalue weighted by Crippen LogP contribution is 2.24. The first-order chi connectivity index (χ1) is 9.22. The molecule has 0 saturated carbocycles. The molecule has 0 fully saturated rings. The van der Waals surface area contributed by atoms with Crippen molar-refractivity contribution in [2.75, 3.05) is 0 Å². The molecule has 0 N–H and O–H groups in total. The third kappa shape index (κ3) is 2.41. The molecule has 1 aliphatic heterocycles. The Hall–Kier alpha value is -2.41. The average molecular weight is 275 g/mol. The molecule has 0 aliphatic carbocycles. The highest BCUT2D eigenvalue weighted by Gasteiger charge is 2.14. The van der Waals surface area contributed by atoms with Crippen molar-refractivity contribution in [3.8, 4) is 5.75 Å². The fourth-order valence-electron chi connectivity index (χ4n) is 1.72. The minimum atomic E-state index is -0.437. The van der Waals surface area contributed by atoms with Crippen LogP contribution in [0.5, 0.6) is 5.75 Å². The number of rotatable bonds is 3. The lowest BCUT2D eigenvalue weighted by atomic mass is 10.2. The van der Waals surface area contributed by atoms with Gasteiger partial charge in [0, 0.05) is 30.1 Å². The molecule has 2 aromatic rings. The number of fused-ring (bicyclic) bond motifs is 1. The van der Waals surface area contributed by atoms with E-state index in [9.17, 15) is 10.1 Å². The Morgan fingerprint density at radius 3 is 2.89 bits per heavy atom. The summed E-state index contributed by atoms with van der Waals surface area (Å²) in [5, 5.41) is 12.2. The minimum absolute atomic E-state index is 0.0471. The van der Waals surface area contributed by atoms with E-state index in [1.165, 1.54) is 23.7 Å². The van der Waals surface area contributed by atoms with Crippen LogP contribution in [-0.2, 0) is 6.54 Å². The number of hydroxylamine groups is 2. The molecule has 1 aliphatic rings. The van der Waals surface area contributed by atoms with Crippen LogP contribution in [0, 0.1) is 10.1 Å². The number of hydrogen-bond donors (Lipinski definition) is 0. The molecule has 6 nitrogen and oxygen atoms in total. The number of nitro benzene ring substituents is 1. The SMILES string of the molecule is O=[N+]([O-])c1ccc(ON2C=Cc3sncc3C2)cc1. The Balaban J connectivity index is 1.71. The summed E-state index contributed by atoms with van der Waals surface area (Å²) in [7, 11) is 0. The maximum Gasteiger partial charge on any atom is 0.269 e. The van der Waals surface area contributed by atoms with E-state index >= 15 is 0 Å². The molecular weight excluding hydrogens is 266 g/mol. The molecule has 96 valence electrons. The molecule has 19 heavy (non-hydrogen) atoms. The molecule has 0 spiro atoms. The van der Waals surface area contributed by atoms with E-state index in [0.717, 1.165) is 10.4 Å². The summed E-state index contributed by atoms with van der Waals surface area (Å²) in [6.07, 6.45) is 5.57. The molecule has 0 amide bonds. The van der Waals surface area contributed by atoms with Crippen LogP contribution in [-0.4, -0.2) is 14.4 Å². The lowest BCUT2D eigenvalue weighted by Crippen LogP contribution is -2.22. The minimum Gasteiger partial charge on any atom is -0.380 e. The van der Waals surface area contributed by atoms with Gasteiger partial charge in [-0.25, -0.2) is 9.44 Å². The quantitative estimate of drug-likeness (QED) is 0.636. The largest absolute Gasteiger partial charge is 0.380 e. The fourth-order valence-corrected chi connectivity index (χ4v) is 2.37. The third-order valence-corrected chi connectivity index (χ3v) is 3.47. The molecule has 2 heterocycles. The van der Waals surface area contributed by atoms with Crippen molar-refractivity contribution >= 4 is 23.3 Å². The number of benzene rings is 1. The van der Waals surface area contributed by atoms with Gasteiger partial charge in [-0.05, 0) is 29.7 Å². The van der Waals surface area contributed by atoms with Crippen LogP contribution >= 0.6 is 11.5 Å². The van der Waals surface area contributed by atoms with Crippen molar-refractivity contribution in [1.29, 1.82) is 0 Å². The van der Waals surface area contributed by atoms with E-state index in [-0.39, 0.29) is 5.69 Å². The maximum atomic E-state index is 10.5. The van der Waals surface area contributed by atoms with Crippen molar-refractivity contribution in [2.24, 2.45) is 0 Å². The van der Waals surface area contributed by atoms with E-state index in [2.05, 4.69) is 4.37 Å². The Morgan fingerprint density at radius 2 is 2.16 bits per heavy atom. The van der Waals surface area contributed by atoms with Gasteiger partial charge in [-0.2, -0.15) is 0 Å². The number of nitro groups is 1. The van der Waals surface area contributed by atoms with Gasteiger partial charge in [-0.3, -0.25) is 10.1 Å². The molecule has 1 aromatic carbocycles. The summed E-state index contributed by atoms with van der Waals surface area (Å²) >= 11 is 1.44. The van der Waals surface area contributed by atoms with Crippen molar-refractivity contribution < 1.29 is 9.76 Å². The molecule has 3 rings (SSSR count). The predicted molar refractivity (Wildman–Crippen MR) is 70.4 cm³/mol.